The first kappa shape index (κ1) is 12.9. The van der Waals surface area contributed by atoms with Gasteiger partial charge in [0.15, 0.2) is 0 Å². The van der Waals surface area contributed by atoms with Crippen LogP contribution in [0.5, 0.6) is 0 Å². The number of thiol groups is 1. The van der Waals surface area contributed by atoms with E-state index < -0.39 is 0 Å². The number of carbonyl (C=O) groups is 1. The Morgan fingerprint density at radius 2 is 2.07 bits per heavy atom. The van der Waals surface area contributed by atoms with Crippen molar-refractivity contribution in [1.82, 2.24) is 4.90 Å². The summed E-state index contributed by atoms with van der Waals surface area (Å²) < 4.78 is 0. The minimum Gasteiger partial charge on any atom is -0.340 e. The molecular weight excluding hydrogens is 206 g/mol. The van der Waals surface area contributed by atoms with Crippen LogP contribution in [0.1, 0.15) is 46.5 Å². The molecule has 0 bridgehead atoms. The van der Waals surface area contributed by atoms with Gasteiger partial charge in [0.2, 0.25) is 5.91 Å². The molecule has 3 heteroatoms. The number of carbonyl (C=O) groups excluding carboxylic acids is 1. The van der Waals surface area contributed by atoms with Gasteiger partial charge in [0.05, 0.1) is 0 Å². The van der Waals surface area contributed by atoms with Crippen LogP contribution in [0.3, 0.4) is 0 Å². The lowest BCUT2D eigenvalue weighted by atomic mass is 10.0. The molecule has 0 aromatic carbocycles. The standard InChI is InChI=1S/C12H23NOS/c1-4-7-13(10(2)3)11(14)8-12(9-15)5-6-12/h10,15H,4-9H2,1-3H3. The number of hydrogen-bond donors (Lipinski definition) is 1. The van der Waals surface area contributed by atoms with E-state index in [9.17, 15) is 4.79 Å². The van der Waals surface area contributed by atoms with Crippen molar-refractivity contribution >= 4 is 18.5 Å². The summed E-state index contributed by atoms with van der Waals surface area (Å²) in [5.41, 5.74) is 0.251. The van der Waals surface area contributed by atoms with Gasteiger partial charge in [-0.1, -0.05) is 6.92 Å². The van der Waals surface area contributed by atoms with Crippen molar-refractivity contribution in [2.24, 2.45) is 5.41 Å². The van der Waals surface area contributed by atoms with Gasteiger partial charge in [0.25, 0.3) is 0 Å². The Labute approximate surface area is 98.8 Å². The molecule has 1 saturated carbocycles. The zero-order valence-corrected chi connectivity index (χ0v) is 11.0. The summed E-state index contributed by atoms with van der Waals surface area (Å²) >= 11 is 4.34. The molecule has 0 N–H and O–H groups in total. The van der Waals surface area contributed by atoms with E-state index in [2.05, 4.69) is 33.4 Å². The first-order chi connectivity index (χ1) is 7.04. The van der Waals surface area contributed by atoms with Gasteiger partial charge >= 0.3 is 0 Å². The average Bonchev–Trinajstić information content (AvgIpc) is 2.94. The lowest BCUT2D eigenvalue weighted by Gasteiger charge is -2.28. The van der Waals surface area contributed by atoms with Crippen LogP contribution in [-0.2, 0) is 4.79 Å². The quantitative estimate of drug-likeness (QED) is 0.694. The predicted octanol–water partition coefficient (Wildman–Crippen LogP) is 2.73. The second-order valence-corrected chi connectivity index (χ2v) is 5.33. The molecule has 0 unspecified atom stereocenters. The van der Waals surface area contributed by atoms with Crippen LogP contribution < -0.4 is 0 Å². The van der Waals surface area contributed by atoms with E-state index in [0.29, 0.717) is 18.4 Å². The highest BCUT2D eigenvalue weighted by Gasteiger charge is 2.43. The van der Waals surface area contributed by atoms with Gasteiger partial charge in [-0.3, -0.25) is 4.79 Å². The highest BCUT2D eigenvalue weighted by atomic mass is 32.1. The molecular formula is C12H23NOS. The Morgan fingerprint density at radius 3 is 2.40 bits per heavy atom. The lowest BCUT2D eigenvalue weighted by molar-refractivity contribution is -0.134. The monoisotopic (exact) mass is 229 g/mol. The maximum absolute atomic E-state index is 12.1. The lowest BCUT2D eigenvalue weighted by Crippen LogP contribution is -2.38. The molecule has 1 aliphatic carbocycles. The fourth-order valence-corrected chi connectivity index (χ4v) is 2.33. The Kier molecular flexibility index (Phi) is 4.50. The van der Waals surface area contributed by atoms with Crippen molar-refractivity contribution in [2.75, 3.05) is 12.3 Å². The van der Waals surface area contributed by atoms with Crippen LogP contribution in [0, 0.1) is 5.41 Å². The van der Waals surface area contributed by atoms with Crippen LogP contribution in [0.15, 0.2) is 0 Å². The fraction of sp³-hybridized carbons (Fsp3) is 0.917. The van der Waals surface area contributed by atoms with Gasteiger partial charge in [-0.25, -0.2) is 0 Å². The van der Waals surface area contributed by atoms with Crippen molar-refractivity contribution in [3.8, 4) is 0 Å². The van der Waals surface area contributed by atoms with E-state index in [-0.39, 0.29) is 5.41 Å². The zero-order valence-electron chi connectivity index (χ0n) is 10.1. The average molecular weight is 229 g/mol. The van der Waals surface area contributed by atoms with Crippen LogP contribution in [0.25, 0.3) is 0 Å². The fourth-order valence-electron chi connectivity index (χ4n) is 1.90. The summed E-state index contributed by atoms with van der Waals surface area (Å²) in [5, 5.41) is 0. The predicted molar refractivity (Wildman–Crippen MR) is 67.3 cm³/mol. The Balaban J connectivity index is 2.49. The second-order valence-electron chi connectivity index (χ2n) is 5.02. The maximum atomic E-state index is 12.1. The zero-order chi connectivity index (χ0) is 11.5. The second kappa shape index (κ2) is 5.24. The molecule has 1 amide bonds. The summed E-state index contributed by atoms with van der Waals surface area (Å²) in [4.78, 5) is 14.1. The largest absolute Gasteiger partial charge is 0.340 e. The maximum Gasteiger partial charge on any atom is 0.223 e. The van der Waals surface area contributed by atoms with Crippen LogP contribution in [0.2, 0.25) is 0 Å². The smallest absolute Gasteiger partial charge is 0.223 e. The van der Waals surface area contributed by atoms with E-state index >= 15 is 0 Å². The highest BCUT2D eigenvalue weighted by Crippen LogP contribution is 2.49. The van der Waals surface area contributed by atoms with Gasteiger partial charge < -0.3 is 4.90 Å². The van der Waals surface area contributed by atoms with Gasteiger partial charge in [0, 0.05) is 19.0 Å². The van der Waals surface area contributed by atoms with E-state index in [1.807, 2.05) is 4.90 Å². The van der Waals surface area contributed by atoms with Crippen molar-refractivity contribution < 1.29 is 4.79 Å². The van der Waals surface area contributed by atoms with Gasteiger partial charge in [-0.15, -0.1) is 0 Å². The van der Waals surface area contributed by atoms with Crippen molar-refractivity contribution in [2.45, 2.75) is 52.5 Å². The van der Waals surface area contributed by atoms with Crippen molar-refractivity contribution in [1.29, 1.82) is 0 Å². The van der Waals surface area contributed by atoms with E-state index in [1.54, 1.807) is 0 Å². The van der Waals surface area contributed by atoms with E-state index in [1.165, 1.54) is 12.8 Å². The van der Waals surface area contributed by atoms with Gasteiger partial charge in [0.1, 0.15) is 0 Å². The summed E-state index contributed by atoms with van der Waals surface area (Å²) in [6, 6.07) is 0.327. The first-order valence-electron chi connectivity index (χ1n) is 5.95. The molecule has 15 heavy (non-hydrogen) atoms. The third-order valence-electron chi connectivity index (χ3n) is 3.23. The molecule has 0 aromatic heterocycles. The SMILES string of the molecule is CCCN(C(=O)CC1(CS)CC1)C(C)C. The Morgan fingerprint density at radius 1 is 1.47 bits per heavy atom. The minimum atomic E-state index is 0.251. The molecule has 0 heterocycles. The normalized spacial score (nSPS) is 17.9. The number of nitrogens with zero attached hydrogens (tertiary/aromatic N) is 1. The molecule has 0 atom stereocenters. The topological polar surface area (TPSA) is 20.3 Å². The van der Waals surface area contributed by atoms with Gasteiger partial charge in [-0.05, 0) is 44.3 Å². The summed E-state index contributed by atoms with van der Waals surface area (Å²) in [5.74, 6) is 1.18. The third kappa shape index (κ3) is 3.40. The summed E-state index contributed by atoms with van der Waals surface area (Å²) in [6.07, 6.45) is 4.10. The van der Waals surface area contributed by atoms with Crippen LogP contribution >= 0.6 is 12.6 Å². The van der Waals surface area contributed by atoms with Crippen LogP contribution in [0.4, 0.5) is 0 Å². The van der Waals surface area contributed by atoms with E-state index in [0.717, 1.165) is 18.7 Å². The molecule has 1 aliphatic rings. The minimum absolute atomic E-state index is 0.251. The molecule has 0 radical (unpaired) electrons. The molecule has 1 fully saturated rings. The molecule has 0 saturated heterocycles. The Bertz CT molecular complexity index is 224. The molecule has 88 valence electrons. The summed E-state index contributed by atoms with van der Waals surface area (Å²) in [6.45, 7) is 7.19. The van der Waals surface area contributed by atoms with Crippen LogP contribution in [-0.4, -0.2) is 29.1 Å². The summed E-state index contributed by atoms with van der Waals surface area (Å²) in [7, 11) is 0. The number of amides is 1. The third-order valence-corrected chi connectivity index (χ3v) is 3.90. The van der Waals surface area contributed by atoms with E-state index in [4.69, 9.17) is 0 Å². The first-order valence-corrected chi connectivity index (χ1v) is 6.58. The molecule has 2 nitrogen and oxygen atoms in total. The number of rotatable bonds is 6. The number of hydrogen-bond acceptors (Lipinski definition) is 2. The highest BCUT2D eigenvalue weighted by molar-refractivity contribution is 7.80. The van der Waals surface area contributed by atoms with Crippen molar-refractivity contribution in [3.63, 3.8) is 0 Å². The molecule has 0 aromatic rings. The molecule has 1 rings (SSSR count). The molecule has 0 spiro atoms. The Hall–Kier alpha value is -0.180. The van der Waals surface area contributed by atoms with Crippen molar-refractivity contribution in [3.05, 3.63) is 0 Å². The molecule has 0 aliphatic heterocycles. The van der Waals surface area contributed by atoms with Gasteiger partial charge in [-0.2, -0.15) is 12.6 Å².